The van der Waals surface area contributed by atoms with Crippen LogP contribution in [0.25, 0.3) is 0 Å². The van der Waals surface area contributed by atoms with Gasteiger partial charge in [-0.2, -0.15) is 0 Å². The van der Waals surface area contributed by atoms with E-state index in [1.54, 1.807) is 7.05 Å². The number of hydrogen-bond donors (Lipinski definition) is 1. The van der Waals surface area contributed by atoms with Gasteiger partial charge in [0.1, 0.15) is 12.1 Å². The van der Waals surface area contributed by atoms with Crippen LogP contribution in [0.1, 0.15) is 23.1 Å². The zero-order valence-electron chi connectivity index (χ0n) is 19.4. The molecule has 0 aromatic heterocycles. The van der Waals surface area contributed by atoms with Crippen molar-refractivity contribution < 1.29 is 24.1 Å². The number of rotatable bonds is 10. The molecule has 1 amide bonds. The fraction of sp³-hybridized carbons (Fsp3) is 0.321. The number of aliphatic hydroxyl groups is 1. The Balaban J connectivity index is 1.53. The maximum absolute atomic E-state index is 12.8. The molecule has 0 radical (unpaired) electrons. The monoisotopic (exact) mass is 461 g/mol. The number of benzene rings is 3. The van der Waals surface area contributed by atoms with Crippen molar-refractivity contribution in [3.8, 4) is 0 Å². The molecule has 3 atom stereocenters. The second-order valence-corrected chi connectivity index (χ2v) is 8.54. The molecule has 0 spiro atoms. The summed E-state index contributed by atoms with van der Waals surface area (Å²) in [5, 5.41) is 11.9. The number of hydrogen-bond acceptors (Lipinski definition) is 5. The Labute approximate surface area is 200 Å². The Morgan fingerprint density at radius 3 is 1.88 bits per heavy atom. The van der Waals surface area contributed by atoms with E-state index < -0.39 is 17.9 Å². The summed E-state index contributed by atoms with van der Waals surface area (Å²) in [4.78, 5) is 14.4. The fourth-order valence-corrected chi connectivity index (χ4v) is 4.12. The molecule has 1 N–H and O–H groups in total. The van der Waals surface area contributed by atoms with Crippen molar-refractivity contribution in [2.24, 2.45) is 0 Å². The van der Waals surface area contributed by atoms with Crippen LogP contribution in [0.15, 0.2) is 91.0 Å². The van der Waals surface area contributed by atoms with Gasteiger partial charge in [-0.05, 0) is 16.7 Å². The molecule has 6 nitrogen and oxygen atoms in total. The molecule has 1 heterocycles. The number of likely N-dealkylation sites (N-methyl/N-ethyl adjacent to an activating group) is 1. The largest absolute Gasteiger partial charge is 0.374 e. The lowest BCUT2D eigenvalue weighted by atomic mass is 9.91. The van der Waals surface area contributed by atoms with Gasteiger partial charge in [-0.15, -0.1) is 0 Å². The zero-order valence-corrected chi connectivity index (χ0v) is 19.4. The van der Waals surface area contributed by atoms with Gasteiger partial charge in [0.15, 0.2) is 0 Å². The van der Waals surface area contributed by atoms with Crippen molar-refractivity contribution in [2.75, 3.05) is 13.7 Å². The Hall–Kier alpha value is -3.03. The van der Waals surface area contributed by atoms with Crippen LogP contribution in [-0.4, -0.2) is 47.5 Å². The topological polar surface area (TPSA) is 68.2 Å². The SMILES string of the molecule is CN1C(=O)CC(OCc2ccccc2)C(O)(OCc2ccccc2)C1COCc1ccccc1. The standard InChI is InChI=1S/C28H31NO5/c1-29-25(21-32-18-22-11-5-2-6-12-22)28(31,34-20-24-15-9-4-10-16-24)26(17-27(29)30)33-19-23-13-7-3-8-14-23/h2-16,25-26,31H,17-21H2,1H3. The van der Waals surface area contributed by atoms with Crippen molar-refractivity contribution in [1.29, 1.82) is 0 Å². The molecule has 178 valence electrons. The number of ether oxygens (including phenoxy) is 3. The summed E-state index contributed by atoms with van der Waals surface area (Å²) in [6.45, 7) is 0.911. The fourth-order valence-electron chi connectivity index (χ4n) is 4.12. The Bertz CT molecular complexity index is 1030. The van der Waals surface area contributed by atoms with Crippen molar-refractivity contribution in [1.82, 2.24) is 4.90 Å². The summed E-state index contributed by atoms with van der Waals surface area (Å²) in [6.07, 6.45) is -0.825. The molecule has 1 aliphatic rings. The third-order valence-electron chi connectivity index (χ3n) is 6.15. The highest BCUT2D eigenvalue weighted by molar-refractivity contribution is 5.78. The van der Waals surface area contributed by atoms with Gasteiger partial charge in [-0.25, -0.2) is 0 Å². The lowest BCUT2D eigenvalue weighted by molar-refractivity contribution is -0.315. The minimum atomic E-state index is -1.75. The summed E-state index contributed by atoms with van der Waals surface area (Å²) in [5.74, 6) is -1.87. The molecule has 3 aromatic carbocycles. The van der Waals surface area contributed by atoms with Crippen molar-refractivity contribution >= 4 is 5.91 Å². The van der Waals surface area contributed by atoms with Crippen LogP contribution in [0.4, 0.5) is 0 Å². The lowest BCUT2D eigenvalue weighted by Crippen LogP contribution is -2.67. The van der Waals surface area contributed by atoms with Gasteiger partial charge >= 0.3 is 0 Å². The van der Waals surface area contributed by atoms with E-state index in [9.17, 15) is 9.90 Å². The van der Waals surface area contributed by atoms with E-state index in [4.69, 9.17) is 14.2 Å². The molecule has 4 rings (SSSR count). The molecule has 1 aliphatic heterocycles. The van der Waals surface area contributed by atoms with Crippen LogP contribution in [0, 0.1) is 0 Å². The van der Waals surface area contributed by atoms with Crippen LogP contribution < -0.4 is 0 Å². The summed E-state index contributed by atoms with van der Waals surface area (Å²) in [5.41, 5.74) is 2.88. The Kier molecular flexibility index (Phi) is 8.08. The van der Waals surface area contributed by atoms with Crippen LogP contribution in [0.2, 0.25) is 0 Å². The molecule has 34 heavy (non-hydrogen) atoms. The summed E-state index contributed by atoms with van der Waals surface area (Å²) < 4.78 is 18.2. The molecule has 3 aromatic rings. The first-order chi connectivity index (χ1) is 16.6. The zero-order chi connectivity index (χ0) is 23.8. The highest BCUT2D eigenvalue weighted by Crippen LogP contribution is 2.33. The third kappa shape index (κ3) is 5.90. The van der Waals surface area contributed by atoms with Gasteiger partial charge in [0.05, 0.1) is 32.8 Å². The van der Waals surface area contributed by atoms with Crippen molar-refractivity contribution in [3.05, 3.63) is 108 Å². The van der Waals surface area contributed by atoms with Gasteiger partial charge in [-0.3, -0.25) is 4.79 Å². The second kappa shape index (κ2) is 11.4. The van der Waals surface area contributed by atoms with E-state index in [-0.39, 0.29) is 32.1 Å². The minimum Gasteiger partial charge on any atom is -0.374 e. The number of amides is 1. The van der Waals surface area contributed by atoms with Gasteiger partial charge in [0, 0.05) is 7.05 Å². The molecular formula is C28H31NO5. The van der Waals surface area contributed by atoms with E-state index in [1.807, 2.05) is 91.0 Å². The lowest BCUT2D eigenvalue weighted by Gasteiger charge is -2.48. The van der Waals surface area contributed by atoms with Gasteiger partial charge in [0.2, 0.25) is 11.7 Å². The normalized spacial score (nSPS) is 22.6. The molecule has 3 unspecified atom stereocenters. The predicted molar refractivity (Wildman–Crippen MR) is 128 cm³/mol. The number of likely N-dealkylation sites (tertiary alicyclic amines) is 1. The van der Waals surface area contributed by atoms with Gasteiger partial charge in [0.25, 0.3) is 0 Å². The highest BCUT2D eigenvalue weighted by atomic mass is 16.7. The minimum absolute atomic E-state index is 0.0177. The number of carbonyl (C=O) groups is 1. The van der Waals surface area contributed by atoms with Gasteiger partial charge in [-0.1, -0.05) is 91.0 Å². The first-order valence-corrected chi connectivity index (χ1v) is 11.5. The summed E-state index contributed by atoms with van der Waals surface area (Å²) in [6, 6.07) is 28.4. The number of nitrogens with zero attached hydrogens (tertiary/aromatic N) is 1. The maximum Gasteiger partial charge on any atom is 0.225 e. The van der Waals surface area contributed by atoms with E-state index in [1.165, 1.54) is 4.90 Å². The second-order valence-electron chi connectivity index (χ2n) is 8.54. The van der Waals surface area contributed by atoms with Crippen LogP contribution >= 0.6 is 0 Å². The number of piperidine rings is 1. The number of carbonyl (C=O) groups excluding carboxylic acids is 1. The van der Waals surface area contributed by atoms with Crippen molar-refractivity contribution in [2.45, 2.75) is 44.2 Å². The third-order valence-corrected chi connectivity index (χ3v) is 6.15. The first-order valence-electron chi connectivity index (χ1n) is 11.5. The molecule has 1 fully saturated rings. The van der Waals surface area contributed by atoms with Crippen LogP contribution in [0.3, 0.4) is 0 Å². The molecule has 1 saturated heterocycles. The first kappa shape index (κ1) is 24.1. The van der Waals surface area contributed by atoms with Crippen molar-refractivity contribution in [3.63, 3.8) is 0 Å². The average molecular weight is 462 g/mol. The molecule has 0 saturated carbocycles. The van der Waals surface area contributed by atoms with Crippen LogP contribution in [-0.2, 0) is 38.8 Å². The maximum atomic E-state index is 12.8. The molecule has 6 heteroatoms. The Morgan fingerprint density at radius 2 is 1.32 bits per heavy atom. The van der Waals surface area contributed by atoms with Crippen LogP contribution in [0.5, 0.6) is 0 Å². The molecular weight excluding hydrogens is 430 g/mol. The van der Waals surface area contributed by atoms with E-state index in [0.717, 1.165) is 16.7 Å². The molecule has 0 bridgehead atoms. The highest BCUT2D eigenvalue weighted by Gasteiger charge is 2.54. The summed E-state index contributed by atoms with van der Waals surface area (Å²) >= 11 is 0. The van der Waals surface area contributed by atoms with E-state index in [2.05, 4.69) is 0 Å². The van der Waals surface area contributed by atoms with E-state index in [0.29, 0.717) is 6.61 Å². The van der Waals surface area contributed by atoms with E-state index >= 15 is 0 Å². The Morgan fingerprint density at radius 1 is 0.824 bits per heavy atom. The predicted octanol–water partition coefficient (Wildman–Crippen LogP) is 3.92. The van der Waals surface area contributed by atoms with Gasteiger partial charge < -0.3 is 24.2 Å². The quantitative estimate of drug-likeness (QED) is 0.464. The summed E-state index contributed by atoms with van der Waals surface area (Å²) in [7, 11) is 1.67. The smallest absolute Gasteiger partial charge is 0.225 e. The molecule has 0 aliphatic carbocycles. The average Bonchev–Trinajstić information content (AvgIpc) is 2.88.